The average molecular weight is 488 g/mol. The summed E-state index contributed by atoms with van der Waals surface area (Å²) in [5.41, 5.74) is 11.7. The quantitative estimate of drug-likeness (QED) is 0.407. The minimum Gasteiger partial charge on any atom is -0.363 e. The van der Waals surface area contributed by atoms with Gasteiger partial charge >= 0.3 is 0 Å². The number of aromatic nitrogens is 3. The molecule has 0 bridgehead atoms. The molecule has 2 heterocycles. The lowest BCUT2D eigenvalue weighted by atomic mass is 9.99. The fraction of sp³-hybridized carbons (Fsp3) is 0.250. The first-order valence-corrected chi connectivity index (χ1v) is 11.9. The molecular formula is C28H27F2N5O. The predicted octanol–water partition coefficient (Wildman–Crippen LogP) is 4.77. The lowest BCUT2D eigenvalue weighted by molar-refractivity contribution is 0.0115. The van der Waals surface area contributed by atoms with E-state index in [4.69, 9.17) is 5.73 Å². The summed E-state index contributed by atoms with van der Waals surface area (Å²) in [4.78, 5) is 17.2. The van der Waals surface area contributed by atoms with Crippen molar-refractivity contribution in [2.24, 2.45) is 5.73 Å². The van der Waals surface area contributed by atoms with Gasteiger partial charge in [-0.2, -0.15) is 0 Å². The second kappa shape index (κ2) is 9.62. The number of hydrogen-bond donors (Lipinski definition) is 1. The van der Waals surface area contributed by atoms with Gasteiger partial charge in [-0.15, -0.1) is 5.10 Å². The van der Waals surface area contributed by atoms with Gasteiger partial charge in [0.2, 0.25) is 5.82 Å². The lowest BCUT2D eigenvalue weighted by Gasteiger charge is -2.15. The van der Waals surface area contributed by atoms with E-state index in [1.165, 1.54) is 5.56 Å². The fourth-order valence-electron chi connectivity index (χ4n) is 4.55. The fourth-order valence-corrected chi connectivity index (χ4v) is 4.55. The number of alkyl halides is 2. The highest BCUT2D eigenvalue weighted by Gasteiger charge is 2.37. The summed E-state index contributed by atoms with van der Waals surface area (Å²) < 4.78 is 28.4. The second-order valence-corrected chi connectivity index (χ2v) is 9.31. The number of halogens is 2. The van der Waals surface area contributed by atoms with Crippen LogP contribution in [0, 0.1) is 6.92 Å². The van der Waals surface area contributed by atoms with Crippen LogP contribution in [0.3, 0.4) is 0 Å². The Hall–Kier alpha value is -3.91. The zero-order valence-corrected chi connectivity index (χ0v) is 20.0. The van der Waals surface area contributed by atoms with E-state index in [1.807, 2.05) is 53.4 Å². The van der Waals surface area contributed by atoms with Crippen molar-refractivity contribution in [3.8, 4) is 16.8 Å². The molecule has 36 heavy (non-hydrogen) atoms. The molecule has 1 amide bonds. The van der Waals surface area contributed by atoms with Crippen LogP contribution in [0.2, 0.25) is 0 Å². The summed E-state index contributed by atoms with van der Waals surface area (Å²) in [6.07, 6.45) is 0.726. The molecule has 184 valence electrons. The third-order valence-electron chi connectivity index (χ3n) is 6.47. The molecule has 1 aliphatic heterocycles. The van der Waals surface area contributed by atoms with Gasteiger partial charge in [0.15, 0.2) is 0 Å². The van der Waals surface area contributed by atoms with Crippen molar-refractivity contribution < 1.29 is 13.6 Å². The molecule has 2 N–H and O–H groups in total. The highest BCUT2D eigenvalue weighted by Crippen LogP contribution is 2.28. The molecule has 1 fully saturated rings. The molecule has 0 aliphatic carbocycles. The molecular weight excluding hydrogens is 460 g/mol. The summed E-state index contributed by atoms with van der Waals surface area (Å²) in [7, 11) is 0. The average Bonchev–Trinajstić information content (AvgIpc) is 3.42. The number of nitrogens with two attached hydrogens (primary N) is 1. The summed E-state index contributed by atoms with van der Waals surface area (Å²) in [6, 6.07) is 24.5. The summed E-state index contributed by atoms with van der Waals surface area (Å²) >= 11 is 0. The standard InChI is InChI=1S/C28H27F2N5O/c1-19-32-27(26(31)36)33-35(19)25-12-6-21(7-13-25)16-20-2-8-23(9-3-20)24-10-4-22(5-11-24)17-34-15-14-28(29,30)18-34/h2-13H,14-18H2,1H3,(H2,31,36). The molecule has 0 unspecified atom stereocenters. The highest BCUT2D eigenvalue weighted by atomic mass is 19.3. The molecule has 4 aromatic rings. The first kappa shape index (κ1) is 23.8. The Bertz CT molecular complexity index is 1360. The van der Waals surface area contributed by atoms with Gasteiger partial charge in [0.25, 0.3) is 11.8 Å². The Balaban J connectivity index is 1.21. The zero-order valence-electron chi connectivity index (χ0n) is 20.0. The Labute approximate surface area is 208 Å². The van der Waals surface area contributed by atoms with Gasteiger partial charge in [-0.05, 0) is 53.3 Å². The van der Waals surface area contributed by atoms with Crippen LogP contribution in [0.4, 0.5) is 8.78 Å². The van der Waals surface area contributed by atoms with Crippen molar-refractivity contribution in [1.29, 1.82) is 0 Å². The number of carbonyl (C=O) groups excluding carboxylic acids is 1. The van der Waals surface area contributed by atoms with E-state index in [1.54, 1.807) is 11.6 Å². The number of likely N-dealkylation sites (tertiary alicyclic amines) is 1. The van der Waals surface area contributed by atoms with E-state index in [-0.39, 0.29) is 18.8 Å². The second-order valence-electron chi connectivity index (χ2n) is 9.31. The van der Waals surface area contributed by atoms with Crippen LogP contribution >= 0.6 is 0 Å². The monoisotopic (exact) mass is 487 g/mol. The topological polar surface area (TPSA) is 77.0 Å². The van der Waals surface area contributed by atoms with Crippen LogP contribution in [-0.4, -0.2) is 44.6 Å². The number of rotatable bonds is 7. The van der Waals surface area contributed by atoms with Gasteiger partial charge in [-0.1, -0.05) is 60.7 Å². The van der Waals surface area contributed by atoms with E-state index >= 15 is 0 Å². The van der Waals surface area contributed by atoms with Crippen LogP contribution in [0.25, 0.3) is 16.8 Å². The predicted molar refractivity (Wildman–Crippen MR) is 134 cm³/mol. The Morgan fingerprint density at radius 2 is 1.47 bits per heavy atom. The van der Waals surface area contributed by atoms with E-state index in [2.05, 4.69) is 34.3 Å². The Morgan fingerprint density at radius 1 is 0.917 bits per heavy atom. The molecule has 0 spiro atoms. The molecule has 5 rings (SSSR count). The molecule has 8 heteroatoms. The van der Waals surface area contributed by atoms with Crippen LogP contribution in [0.15, 0.2) is 72.8 Å². The molecule has 0 radical (unpaired) electrons. The van der Waals surface area contributed by atoms with Gasteiger partial charge in [0.05, 0.1) is 12.2 Å². The van der Waals surface area contributed by atoms with Crippen molar-refractivity contribution in [2.45, 2.75) is 32.2 Å². The minimum absolute atomic E-state index is 0.00236. The molecule has 1 saturated heterocycles. The molecule has 0 saturated carbocycles. The number of primary amides is 1. The molecule has 1 aliphatic rings. The smallest absolute Gasteiger partial charge is 0.288 e. The van der Waals surface area contributed by atoms with Gasteiger partial charge in [-0.25, -0.2) is 18.4 Å². The van der Waals surface area contributed by atoms with E-state index < -0.39 is 11.8 Å². The maximum Gasteiger partial charge on any atom is 0.288 e. The number of aryl methyl sites for hydroxylation is 1. The zero-order chi connectivity index (χ0) is 25.3. The third kappa shape index (κ3) is 5.33. The van der Waals surface area contributed by atoms with Crippen molar-refractivity contribution in [3.63, 3.8) is 0 Å². The number of hydrogen-bond acceptors (Lipinski definition) is 4. The Kier molecular flexibility index (Phi) is 6.36. The summed E-state index contributed by atoms with van der Waals surface area (Å²) in [6.45, 7) is 2.61. The van der Waals surface area contributed by atoms with Crippen LogP contribution in [0.1, 0.15) is 39.6 Å². The van der Waals surface area contributed by atoms with Crippen LogP contribution in [-0.2, 0) is 13.0 Å². The van der Waals surface area contributed by atoms with E-state index in [9.17, 15) is 13.6 Å². The molecule has 0 atom stereocenters. The van der Waals surface area contributed by atoms with Crippen LogP contribution in [0.5, 0.6) is 0 Å². The lowest BCUT2D eigenvalue weighted by Crippen LogP contribution is -2.24. The first-order valence-electron chi connectivity index (χ1n) is 11.9. The van der Waals surface area contributed by atoms with Crippen molar-refractivity contribution >= 4 is 5.91 Å². The Morgan fingerprint density at radius 3 is 1.97 bits per heavy atom. The summed E-state index contributed by atoms with van der Waals surface area (Å²) in [5, 5.41) is 4.17. The number of benzene rings is 3. The van der Waals surface area contributed by atoms with Gasteiger partial charge in [-0.3, -0.25) is 9.69 Å². The van der Waals surface area contributed by atoms with E-state index in [0.29, 0.717) is 18.9 Å². The van der Waals surface area contributed by atoms with Crippen LogP contribution < -0.4 is 5.73 Å². The maximum atomic E-state index is 13.4. The first-order chi connectivity index (χ1) is 17.3. The third-order valence-corrected chi connectivity index (χ3v) is 6.47. The SMILES string of the molecule is Cc1nc(C(N)=O)nn1-c1ccc(Cc2ccc(-c3ccc(CN4CCC(F)(F)C4)cc3)cc2)cc1. The summed E-state index contributed by atoms with van der Waals surface area (Å²) in [5.74, 6) is -2.61. The normalized spacial score (nSPS) is 15.3. The minimum atomic E-state index is -2.56. The molecule has 6 nitrogen and oxygen atoms in total. The van der Waals surface area contributed by atoms with Gasteiger partial charge in [0.1, 0.15) is 5.82 Å². The molecule has 1 aromatic heterocycles. The number of nitrogens with zero attached hydrogens (tertiary/aromatic N) is 4. The van der Waals surface area contributed by atoms with Crippen molar-refractivity contribution in [2.75, 3.05) is 13.1 Å². The van der Waals surface area contributed by atoms with E-state index in [0.717, 1.165) is 34.4 Å². The maximum absolute atomic E-state index is 13.4. The highest BCUT2D eigenvalue weighted by molar-refractivity contribution is 5.88. The van der Waals surface area contributed by atoms with Crippen molar-refractivity contribution in [1.82, 2.24) is 19.7 Å². The number of carbonyl (C=O) groups is 1. The van der Waals surface area contributed by atoms with Crippen molar-refractivity contribution in [3.05, 3.63) is 101 Å². The largest absolute Gasteiger partial charge is 0.363 e. The van der Waals surface area contributed by atoms with Gasteiger partial charge < -0.3 is 5.73 Å². The number of amides is 1. The molecule has 3 aromatic carbocycles. The van der Waals surface area contributed by atoms with Gasteiger partial charge in [0, 0.05) is 19.5 Å².